The summed E-state index contributed by atoms with van der Waals surface area (Å²) in [5.74, 6) is 0. The van der Waals surface area contributed by atoms with Crippen LogP contribution < -0.4 is 5.56 Å². The van der Waals surface area contributed by atoms with Gasteiger partial charge in [-0.2, -0.15) is 0 Å². The van der Waals surface area contributed by atoms with Crippen LogP contribution in [0.15, 0.2) is 23.4 Å². The van der Waals surface area contributed by atoms with Gasteiger partial charge in [0.1, 0.15) is 0 Å². The van der Waals surface area contributed by atoms with Crippen LogP contribution in [0.2, 0.25) is 0 Å². The van der Waals surface area contributed by atoms with Crippen molar-refractivity contribution in [3.8, 4) is 0 Å². The van der Waals surface area contributed by atoms with Crippen LogP contribution >= 0.6 is 0 Å². The smallest absolute Gasteiger partial charge is 0.276 e. The molecule has 2 rings (SSSR count). The zero-order valence-corrected chi connectivity index (χ0v) is 8.16. The van der Waals surface area contributed by atoms with Crippen LogP contribution in [0.4, 0.5) is 0 Å². The van der Waals surface area contributed by atoms with Crippen LogP contribution in [-0.4, -0.2) is 14.5 Å². The second-order valence-corrected chi connectivity index (χ2v) is 3.33. The van der Waals surface area contributed by atoms with Gasteiger partial charge in [-0.3, -0.25) is 4.79 Å². The number of rotatable bonds is 3. The van der Waals surface area contributed by atoms with Gasteiger partial charge < -0.3 is 9.55 Å². The lowest BCUT2D eigenvalue weighted by Crippen LogP contribution is -2.05. The van der Waals surface area contributed by atoms with Gasteiger partial charge in [0.05, 0.1) is 11.8 Å². The van der Waals surface area contributed by atoms with Gasteiger partial charge in [0.15, 0.2) is 5.52 Å². The summed E-state index contributed by atoms with van der Waals surface area (Å²) in [4.78, 5) is 18.0. The SMILES string of the molecule is CCCCn1cnc2c(=O)[nH]ccc21. The van der Waals surface area contributed by atoms with Gasteiger partial charge in [-0.1, -0.05) is 13.3 Å². The summed E-state index contributed by atoms with van der Waals surface area (Å²) in [6.07, 6.45) is 5.64. The van der Waals surface area contributed by atoms with E-state index in [1.54, 1.807) is 12.5 Å². The minimum absolute atomic E-state index is 0.113. The number of nitrogens with one attached hydrogen (secondary N) is 1. The largest absolute Gasteiger partial charge is 0.330 e. The van der Waals surface area contributed by atoms with Crippen LogP contribution in [0, 0.1) is 0 Å². The van der Waals surface area contributed by atoms with Crippen molar-refractivity contribution in [2.75, 3.05) is 0 Å². The minimum Gasteiger partial charge on any atom is -0.330 e. The van der Waals surface area contributed by atoms with Crippen LogP contribution in [0.5, 0.6) is 0 Å². The first-order chi connectivity index (χ1) is 6.83. The molecule has 74 valence electrons. The standard InChI is InChI=1S/C10H13N3O/c1-2-3-6-13-7-12-9-8(13)4-5-11-10(9)14/h4-5,7H,2-3,6H2,1H3,(H,11,14). The Kier molecular flexibility index (Phi) is 2.35. The van der Waals surface area contributed by atoms with Gasteiger partial charge in [0.25, 0.3) is 5.56 Å². The maximum atomic E-state index is 11.3. The topological polar surface area (TPSA) is 50.7 Å². The fourth-order valence-electron chi connectivity index (χ4n) is 1.51. The first kappa shape index (κ1) is 8.99. The molecule has 0 unspecified atom stereocenters. The molecule has 4 heteroatoms. The number of nitrogens with zero attached hydrogens (tertiary/aromatic N) is 2. The molecule has 0 fully saturated rings. The zero-order chi connectivity index (χ0) is 9.97. The summed E-state index contributed by atoms with van der Waals surface area (Å²) in [5, 5.41) is 0. The van der Waals surface area contributed by atoms with E-state index in [4.69, 9.17) is 0 Å². The predicted octanol–water partition coefficient (Wildman–Crippen LogP) is 1.52. The first-order valence-corrected chi connectivity index (χ1v) is 4.85. The molecule has 0 saturated carbocycles. The first-order valence-electron chi connectivity index (χ1n) is 4.85. The van der Waals surface area contributed by atoms with Crippen molar-refractivity contribution in [3.63, 3.8) is 0 Å². The van der Waals surface area contributed by atoms with E-state index in [1.807, 2.05) is 10.6 Å². The molecule has 0 atom stereocenters. The molecule has 4 nitrogen and oxygen atoms in total. The zero-order valence-electron chi connectivity index (χ0n) is 8.16. The quantitative estimate of drug-likeness (QED) is 0.799. The number of aromatic amines is 1. The summed E-state index contributed by atoms with van der Waals surface area (Å²) in [7, 11) is 0. The molecule has 0 spiro atoms. The number of unbranched alkanes of at least 4 members (excludes halogenated alkanes) is 1. The van der Waals surface area contributed by atoms with E-state index in [0.29, 0.717) is 5.52 Å². The fraction of sp³-hybridized carbons (Fsp3) is 0.400. The number of hydrogen-bond donors (Lipinski definition) is 1. The van der Waals surface area contributed by atoms with Crippen LogP contribution in [0.1, 0.15) is 19.8 Å². The van der Waals surface area contributed by atoms with E-state index in [0.717, 1.165) is 24.9 Å². The fourth-order valence-corrected chi connectivity index (χ4v) is 1.51. The van der Waals surface area contributed by atoms with E-state index in [1.165, 1.54) is 0 Å². The maximum Gasteiger partial charge on any atom is 0.276 e. The van der Waals surface area contributed by atoms with E-state index in [2.05, 4.69) is 16.9 Å². The van der Waals surface area contributed by atoms with Crippen molar-refractivity contribution in [3.05, 3.63) is 28.9 Å². The van der Waals surface area contributed by atoms with Crippen LogP contribution in [-0.2, 0) is 6.54 Å². The minimum atomic E-state index is -0.113. The number of fused-ring (bicyclic) bond motifs is 1. The van der Waals surface area contributed by atoms with Crippen molar-refractivity contribution in [2.45, 2.75) is 26.3 Å². The van der Waals surface area contributed by atoms with Crippen molar-refractivity contribution in [2.24, 2.45) is 0 Å². The van der Waals surface area contributed by atoms with Gasteiger partial charge in [-0.15, -0.1) is 0 Å². The van der Waals surface area contributed by atoms with E-state index >= 15 is 0 Å². The lowest BCUT2D eigenvalue weighted by atomic mass is 10.3. The third kappa shape index (κ3) is 1.43. The Labute approximate surface area is 81.6 Å². The second kappa shape index (κ2) is 3.65. The van der Waals surface area contributed by atoms with E-state index in [9.17, 15) is 4.79 Å². The van der Waals surface area contributed by atoms with Crippen molar-refractivity contribution >= 4 is 11.0 Å². The molecule has 0 bridgehead atoms. The molecule has 2 aromatic heterocycles. The van der Waals surface area contributed by atoms with E-state index in [-0.39, 0.29) is 5.56 Å². The number of aromatic nitrogens is 3. The highest BCUT2D eigenvalue weighted by atomic mass is 16.1. The number of pyridine rings is 1. The lowest BCUT2D eigenvalue weighted by Gasteiger charge is -2.00. The van der Waals surface area contributed by atoms with E-state index < -0.39 is 0 Å². The molecule has 0 amide bonds. The summed E-state index contributed by atoms with van der Waals surface area (Å²) in [5.41, 5.74) is 1.34. The molecule has 0 aliphatic carbocycles. The van der Waals surface area contributed by atoms with Gasteiger partial charge in [0, 0.05) is 12.7 Å². The number of aryl methyl sites for hydroxylation is 1. The summed E-state index contributed by atoms with van der Waals surface area (Å²) in [6.45, 7) is 3.07. The Hall–Kier alpha value is -1.58. The Morgan fingerprint density at radius 1 is 1.57 bits per heavy atom. The van der Waals surface area contributed by atoms with Crippen LogP contribution in [0.3, 0.4) is 0 Å². The monoisotopic (exact) mass is 191 g/mol. The third-order valence-electron chi connectivity index (χ3n) is 2.30. The Bertz CT molecular complexity index is 483. The van der Waals surface area contributed by atoms with Crippen molar-refractivity contribution in [1.82, 2.24) is 14.5 Å². The maximum absolute atomic E-state index is 11.3. The lowest BCUT2D eigenvalue weighted by molar-refractivity contribution is 0.645. The normalized spacial score (nSPS) is 10.9. The molecule has 2 aromatic rings. The second-order valence-electron chi connectivity index (χ2n) is 3.33. The molecule has 0 saturated heterocycles. The molecule has 0 aliphatic rings. The summed E-state index contributed by atoms with van der Waals surface area (Å²) < 4.78 is 2.02. The highest BCUT2D eigenvalue weighted by molar-refractivity contribution is 5.73. The average molecular weight is 191 g/mol. The van der Waals surface area contributed by atoms with Crippen molar-refractivity contribution in [1.29, 1.82) is 0 Å². The van der Waals surface area contributed by atoms with Gasteiger partial charge >= 0.3 is 0 Å². The van der Waals surface area contributed by atoms with Crippen molar-refractivity contribution < 1.29 is 0 Å². The predicted molar refractivity (Wildman–Crippen MR) is 55.3 cm³/mol. The Morgan fingerprint density at radius 2 is 2.43 bits per heavy atom. The molecule has 0 aliphatic heterocycles. The highest BCUT2D eigenvalue weighted by Crippen LogP contribution is 2.08. The number of imidazole rings is 1. The number of H-pyrrole nitrogens is 1. The Morgan fingerprint density at radius 3 is 3.21 bits per heavy atom. The van der Waals surface area contributed by atoms with Gasteiger partial charge in [0.2, 0.25) is 0 Å². The summed E-state index contributed by atoms with van der Waals surface area (Å²) >= 11 is 0. The van der Waals surface area contributed by atoms with Gasteiger partial charge in [-0.25, -0.2) is 4.98 Å². The Balaban J connectivity index is 2.47. The highest BCUT2D eigenvalue weighted by Gasteiger charge is 2.03. The number of hydrogen-bond acceptors (Lipinski definition) is 2. The third-order valence-corrected chi connectivity index (χ3v) is 2.30. The molecule has 0 aromatic carbocycles. The molecule has 2 heterocycles. The molecular weight excluding hydrogens is 178 g/mol. The molecule has 0 radical (unpaired) electrons. The summed E-state index contributed by atoms with van der Waals surface area (Å²) in [6, 6.07) is 1.89. The molecule has 1 N–H and O–H groups in total. The van der Waals surface area contributed by atoms with Gasteiger partial charge in [-0.05, 0) is 12.5 Å². The average Bonchev–Trinajstić information content (AvgIpc) is 2.60. The van der Waals surface area contributed by atoms with Crippen LogP contribution in [0.25, 0.3) is 11.0 Å². The molecule has 14 heavy (non-hydrogen) atoms. The molecular formula is C10H13N3O.